The van der Waals surface area contributed by atoms with Crippen LogP contribution in [0.3, 0.4) is 0 Å². The van der Waals surface area contributed by atoms with Gasteiger partial charge in [0.2, 0.25) is 0 Å². The topological polar surface area (TPSA) is 28.4 Å². The molecule has 0 bridgehead atoms. The van der Waals surface area contributed by atoms with Gasteiger partial charge in [-0.15, -0.1) is 0 Å². The minimum absolute atomic E-state index is 0.697. The molecule has 0 radical (unpaired) electrons. The molecular weight excluding hydrogens is 260 g/mol. The molecule has 0 spiro atoms. The summed E-state index contributed by atoms with van der Waals surface area (Å²) in [6, 6.07) is 4.41. The van der Waals surface area contributed by atoms with Crippen LogP contribution in [0.5, 0.6) is 0 Å². The van der Waals surface area contributed by atoms with Gasteiger partial charge in [0.05, 0.1) is 6.54 Å². The highest BCUT2D eigenvalue weighted by atomic mass is 16.3. The van der Waals surface area contributed by atoms with Crippen LogP contribution in [0.15, 0.2) is 16.5 Å². The lowest BCUT2D eigenvalue weighted by Gasteiger charge is -2.29. The molecule has 3 nitrogen and oxygen atoms in total. The minimum Gasteiger partial charge on any atom is -0.464 e. The fraction of sp³-hybridized carbons (Fsp3) is 0.778. The number of rotatable bonds is 7. The predicted octanol–water partition coefficient (Wildman–Crippen LogP) is 3.61. The molecule has 1 aliphatic carbocycles. The SMILES string of the molecule is CCCN(Cc1ccc(C2CC2C)o1)CC1CCNCC1. The van der Waals surface area contributed by atoms with Gasteiger partial charge >= 0.3 is 0 Å². The largest absolute Gasteiger partial charge is 0.464 e. The van der Waals surface area contributed by atoms with Gasteiger partial charge in [0.1, 0.15) is 11.5 Å². The van der Waals surface area contributed by atoms with Crippen molar-refractivity contribution < 1.29 is 4.42 Å². The lowest BCUT2D eigenvalue weighted by atomic mass is 9.97. The first-order valence-electron chi connectivity index (χ1n) is 8.78. The average molecular weight is 290 g/mol. The van der Waals surface area contributed by atoms with E-state index in [0.717, 1.165) is 24.1 Å². The summed E-state index contributed by atoms with van der Waals surface area (Å²) in [5.74, 6) is 4.76. The van der Waals surface area contributed by atoms with E-state index in [0.29, 0.717) is 5.92 Å². The van der Waals surface area contributed by atoms with Crippen LogP contribution in [-0.2, 0) is 6.54 Å². The number of piperidine rings is 1. The monoisotopic (exact) mass is 290 g/mol. The zero-order valence-corrected chi connectivity index (χ0v) is 13.6. The third-order valence-electron chi connectivity index (χ3n) is 5.05. The highest BCUT2D eigenvalue weighted by Gasteiger charge is 2.36. The number of hydrogen-bond acceptors (Lipinski definition) is 3. The van der Waals surface area contributed by atoms with Gasteiger partial charge in [0.25, 0.3) is 0 Å². The number of nitrogens with zero attached hydrogens (tertiary/aromatic N) is 1. The highest BCUT2D eigenvalue weighted by Crippen LogP contribution is 2.47. The van der Waals surface area contributed by atoms with E-state index in [9.17, 15) is 0 Å². The second kappa shape index (κ2) is 6.97. The van der Waals surface area contributed by atoms with Crippen molar-refractivity contribution in [3.8, 4) is 0 Å². The van der Waals surface area contributed by atoms with Gasteiger partial charge in [-0.3, -0.25) is 4.90 Å². The maximum Gasteiger partial charge on any atom is 0.118 e. The summed E-state index contributed by atoms with van der Waals surface area (Å²) < 4.78 is 6.09. The van der Waals surface area contributed by atoms with Crippen LogP contribution < -0.4 is 5.32 Å². The van der Waals surface area contributed by atoms with Gasteiger partial charge in [0.15, 0.2) is 0 Å². The first-order valence-corrected chi connectivity index (χ1v) is 8.78. The molecule has 1 aromatic heterocycles. The van der Waals surface area contributed by atoms with E-state index in [1.807, 2.05) is 0 Å². The average Bonchev–Trinajstić information content (AvgIpc) is 3.03. The van der Waals surface area contributed by atoms with Crippen molar-refractivity contribution >= 4 is 0 Å². The van der Waals surface area contributed by atoms with Crippen molar-refractivity contribution in [2.75, 3.05) is 26.2 Å². The van der Waals surface area contributed by atoms with Gasteiger partial charge < -0.3 is 9.73 Å². The third-order valence-corrected chi connectivity index (χ3v) is 5.05. The summed E-state index contributed by atoms with van der Waals surface area (Å²) in [6.45, 7) is 10.4. The summed E-state index contributed by atoms with van der Waals surface area (Å²) in [5.41, 5.74) is 0. The lowest BCUT2D eigenvalue weighted by molar-refractivity contribution is 0.186. The van der Waals surface area contributed by atoms with Crippen LogP contribution >= 0.6 is 0 Å². The third kappa shape index (κ3) is 4.10. The van der Waals surface area contributed by atoms with E-state index in [1.165, 1.54) is 57.6 Å². The fourth-order valence-corrected chi connectivity index (χ4v) is 3.60. The molecule has 0 amide bonds. The predicted molar refractivity (Wildman–Crippen MR) is 86.4 cm³/mol. The molecule has 118 valence electrons. The van der Waals surface area contributed by atoms with Gasteiger partial charge in [-0.1, -0.05) is 13.8 Å². The standard InChI is InChI=1S/C18H30N2O/c1-3-10-20(12-15-6-8-19-9-7-15)13-16-4-5-18(21-16)17-11-14(17)2/h4-5,14-15,17,19H,3,6-13H2,1-2H3. The number of nitrogens with one attached hydrogen (secondary N) is 1. The molecule has 2 atom stereocenters. The van der Waals surface area contributed by atoms with Crippen molar-refractivity contribution in [2.45, 2.75) is 52.0 Å². The van der Waals surface area contributed by atoms with E-state index in [-0.39, 0.29) is 0 Å². The Hall–Kier alpha value is -0.800. The summed E-state index contributed by atoms with van der Waals surface area (Å²) >= 11 is 0. The van der Waals surface area contributed by atoms with E-state index in [1.54, 1.807) is 0 Å². The summed E-state index contributed by atoms with van der Waals surface area (Å²) in [4.78, 5) is 2.59. The van der Waals surface area contributed by atoms with Crippen LogP contribution in [0.25, 0.3) is 0 Å². The van der Waals surface area contributed by atoms with Crippen molar-refractivity contribution in [3.63, 3.8) is 0 Å². The highest BCUT2D eigenvalue weighted by molar-refractivity contribution is 5.17. The molecule has 1 aliphatic heterocycles. The molecule has 2 unspecified atom stereocenters. The van der Waals surface area contributed by atoms with Crippen LogP contribution in [0.1, 0.15) is 57.0 Å². The Morgan fingerprint density at radius 3 is 2.71 bits per heavy atom. The van der Waals surface area contributed by atoms with E-state index < -0.39 is 0 Å². The zero-order valence-electron chi connectivity index (χ0n) is 13.6. The van der Waals surface area contributed by atoms with Crippen LogP contribution in [0.2, 0.25) is 0 Å². The van der Waals surface area contributed by atoms with Crippen molar-refractivity contribution in [1.29, 1.82) is 0 Å². The molecule has 1 saturated carbocycles. The maximum atomic E-state index is 6.09. The number of furan rings is 1. The second-order valence-corrected chi connectivity index (χ2v) is 7.05. The van der Waals surface area contributed by atoms with Gasteiger partial charge in [-0.25, -0.2) is 0 Å². The summed E-state index contributed by atoms with van der Waals surface area (Å²) in [6.07, 6.45) is 5.17. The van der Waals surface area contributed by atoms with Crippen molar-refractivity contribution in [1.82, 2.24) is 10.2 Å². The summed E-state index contributed by atoms with van der Waals surface area (Å²) in [5, 5.41) is 3.46. The molecule has 0 aromatic carbocycles. The fourth-order valence-electron chi connectivity index (χ4n) is 3.60. The molecule has 2 heterocycles. The molecule has 1 aromatic rings. The first kappa shape index (κ1) is 15.1. The Kier molecular flexibility index (Phi) is 5.02. The van der Waals surface area contributed by atoms with Gasteiger partial charge in [0, 0.05) is 12.5 Å². The van der Waals surface area contributed by atoms with E-state index in [4.69, 9.17) is 4.42 Å². The summed E-state index contributed by atoms with van der Waals surface area (Å²) in [7, 11) is 0. The quantitative estimate of drug-likeness (QED) is 0.831. The second-order valence-electron chi connectivity index (χ2n) is 7.05. The van der Waals surface area contributed by atoms with E-state index in [2.05, 4.69) is 36.2 Å². The Bertz CT molecular complexity index is 436. The van der Waals surface area contributed by atoms with Crippen LogP contribution in [-0.4, -0.2) is 31.1 Å². The Labute approximate surface area is 129 Å². The zero-order chi connectivity index (χ0) is 14.7. The van der Waals surface area contributed by atoms with Gasteiger partial charge in [-0.2, -0.15) is 0 Å². The van der Waals surface area contributed by atoms with E-state index >= 15 is 0 Å². The maximum absolute atomic E-state index is 6.09. The van der Waals surface area contributed by atoms with Crippen LogP contribution in [0, 0.1) is 11.8 Å². The molecule has 21 heavy (non-hydrogen) atoms. The van der Waals surface area contributed by atoms with Crippen LogP contribution in [0.4, 0.5) is 0 Å². The first-order chi connectivity index (χ1) is 10.3. The normalized spacial score (nSPS) is 26.4. The molecule has 3 rings (SSSR count). The molecule has 3 heteroatoms. The Morgan fingerprint density at radius 1 is 1.29 bits per heavy atom. The van der Waals surface area contributed by atoms with Crippen molar-refractivity contribution in [3.05, 3.63) is 23.7 Å². The Balaban J connectivity index is 1.54. The van der Waals surface area contributed by atoms with Gasteiger partial charge in [-0.05, 0) is 69.3 Å². The molecule has 2 aliphatic rings. The molecular formula is C18H30N2O. The molecule has 2 fully saturated rings. The smallest absolute Gasteiger partial charge is 0.118 e. The van der Waals surface area contributed by atoms with Crippen molar-refractivity contribution in [2.24, 2.45) is 11.8 Å². The lowest BCUT2D eigenvalue weighted by Crippen LogP contribution is -2.36. The Morgan fingerprint density at radius 2 is 2.05 bits per heavy atom. The molecule has 1 N–H and O–H groups in total. The minimum atomic E-state index is 0.697. The molecule has 1 saturated heterocycles. The number of hydrogen-bond donors (Lipinski definition) is 1.